The number of ether oxygens (including phenoxy) is 1. The number of hydrogen-bond donors (Lipinski definition) is 3. The number of carbonyl (C=O) groups is 2. The number of esters is 1. The summed E-state index contributed by atoms with van der Waals surface area (Å²) in [6.45, 7) is 16.5. The molecule has 9 atom stereocenters. The Bertz CT molecular complexity index is 877. The second-order valence-electron chi connectivity index (χ2n) is 12.6. The molecule has 6 nitrogen and oxygen atoms in total. The first-order valence-electron chi connectivity index (χ1n) is 13.8. The van der Waals surface area contributed by atoms with Gasteiger partial charge in [-0.05, 0) is 86.2 Å². The maximum absolute atomic E-state index is 14.0. The lowest BCUT2D eigenvalue weighted by atomic mass is 9.54. The van der Waals surface area contributed by atoms with Gasteiger partial charge in [0.25, 0.3) is 0 Å². The summed E-state index contributed by atoms with van der Waals surface area (Å²) < 4.78 is 5.37. The topological polar surface area (TPSA) is 104 Å². The standard InChI is InChI=1S/C30H48O6/c1-17(2)18(3)8-9-19(4)23-10-11-24(29(23,6)12-13-36-20(5)31)22-16-26(33)25-14-21(32)15-27(34)30(25,7)28(22)35/h16-17,19,21,23-27,32-34H,3,8-15H2,1-2,4-7H3/t19-,21-,23-,24+,25-,26+,27-,29-,30-/m1/s1. The van der Waals surface area contributed by atoms with E-state index in [1.165, 1.54) is 12.5 Å². The van der Waals surface area contributed by atoms with Crippen LogP contribution in [0.15, 0.2) is 23.8 Å². The van der Waals surface area contributed by atoms with Gasteiger partial charge in [0, 0.05) is 19.3 Å². The number of carbonyl (C=O) groups excluding carboxylic acids is 2. The van der Waals surface area contributed by atoms with Gasteiger partial charge in [-0.25, -0.2) is 0 Å². The molecule has 0 aromatic carbocycles. The van der Waals surface area contributed by atoms with Crippen LogP contribution in [-0.4, -0.2) is 52.0 Å². The number of rotatable bonds is 9. The number of ketones is 1. The van der Waals surface area contributed by atoms with Crippen LogP contribution in [0.5, 0.6) is 0 Å². The highest BCUT2D eigenvalue weighted by Gasteiger charge is 2.59. The van der Waals surface area contributed by atoms with Crippen LogP contribution >= 0.6 is 0 Å². The number of Topliss-reactive ketones (excluding diaryl/α,β-unsaturated/α-hetero) is 1. The van der Waals surface area contributed by atoms with Gasteiger partial charge in [-0.1, -0.05) is 39.8 Å². The van der Waals surface area contributed by atoms with Gasteiger partial charge in [-0.2, -0.15) is 0 Å². The number of hydrogen-bond acceptors (Lipinski definition) is 6. The molecule has 0 amide bonds. The van der Waals surface area contributed by atoms with E-state index in [1.54, 1.807) is 13.0 Å². The second kappa shape index (κ2) is 11.1. The van der Waals surface area contributed by atoms with E-state index in [0.717, 1.165) is 25.7 Å². The third kappa shape index (κ3) is 5.37. The van der Waals surface area contributed by atoms with Gasteiger partial charge >= 0.3 is 5.97 Å². The average Bonchev–Trinajstić information content (AvgIpc) is 3.12. The summed E-state index contributed by atoms with van der Waals surface area (Å²) in [5.74, 6) is 0.176. The van der Waals surface area contributed by atoms with E-state index in [4.69, 9.17) is 4.74 Å². The lowest BCUT2D eigenvalue weighted by Crippen LogP contribution is -2.58. The van der Waals surface area contributed by atoms with Crippen molar-refractivity contribution in [2.24, 2.45) is 40.4 Å². The minimum atomic E-state index is -1.11. The highest BCUT2D eigenvalue weighted by Crippen LogP contribution is 2.59. The van der Waals surface area contributed by atoms with Crippen LogP contribution < -0.4 is 0 Å². The van der Waals surface area contributed by atoms with Gasteiger partial charge in [0.2, 0.25) is 0 Å². The van der Waals surface area contributed by atoms with E-state index in [2.05, 4.69) is 34.3 Å². The molecule has 3 aliphatic carbocycles. The molecule has 2 fully saturated rings. The molecule has 0 aromatic rings. The molecule has 0 heterocycles. The van der Waals surface area contributed by atoms with Crippen LogP contribution in [0.3, 0.4) is 0 Å². The molecule has 0 aliphatic heterocycles. The molecule has 0 saturated heterocycles. The summed E-state index contributed by atoms with van der Waals surface area (Å²) in [4.78, 5) is 25.6. The predicted molar refractivity (Wildman–Crippen MR) is 140 cm³/mol. The highest BCUT2D eigenvalue weighted by molar-refractivity contribution is 6.02. The zero-order valence-electron chi connectivity index (χ0n) is 23.1. The molecule has 3 aliphatic rings. The fraction of sp³-hybridized carbons (Fsp3) is 0.800. The van der Waals surface area contributed by atoms with E-state index in [1.807, 2.05) is 0 Å². The van der Waals surface area contributed by atoms with E-state index in [9.17, 15) is 24.9 Å². The highest BCUT2D eigenvalue weighted by atomic mass is 16.5. The first-order valence-corrected chi connectivity index (χ1v) is 13.8. The molecule has 0 radical (unpaired) electrons. The lowest BCUT2D eigenvalue weighted by Gasteiger charge is -2.51. The Morgan fingerprint density at radius 3 is 2.44 bits per heavy atom. The van der Waals surface area contributed by atoms with Crippen molar-refractivity contribution >= 4 is 11.8 Å². The van der Waals surface area contributed by atoms with Gasteiger partial charge in [0.15, 0.2) is 5.78 Å². The first kappa shape index (κ1) is 29.1. The van der Waals surface area contributed by atoms with Gasteiger partial charge in [-0.3, -0.25) is 9.59 Å². The Labute approximate surface area is 217 Å². The van der Waals surface area contributed by atoms with Gasteiger partial charge in [-0.15, -0.1) is 0 Å². The first-order chi connectivity index (χ1) is 16.7. The third-order valence-corrected chi connectivity index (χ3v) is 10.2. The molecule has 3 rings (SSSR count). The van der Waals surface area contributed by atoms with Gasteiger partial charge in [0.05, 0.1) is 30.3 Å². The molecule has 0 bridgehead atoms. The Morgan fingerprint density at radius 2 is 1.83 bits per heavy atom. The van der Waals surface area contributed by atoms with Crippen molar-refractivity contribution in [1.82, 2.24) is 0 Å². The summed E-state index contributed by atoms with van der Waals surface area (Å²) in [6, 6.07) is 0. The minimum Gasteiger partial charge on any atom is -0.466 e. The zero-order valence-corrected chi connectivity index (χ0v) is 23.1. The largest absolute Gasteiger partial charge is 0.466 e. The maximum atomic E-state index is 14.0. The van der Waals surface area contributed by atoms with Crippen molar-refractivity contribution < 1.29 is 29.6 Å². The van der Waals surface area contributed by atoms with Crippen LogP contribution in [0.1, 0.15) is 86.5 Å². The zero-order chi connectivity index (χ0) is 27.0. The van der Waals surface area contributed by atoms with Gasteiger partial charge < -0.3 is 20.1 Å². The smallest absolute Gasteiger partial charge is 0.302 e. The number of aliphatic hydroxyl groups is 3. The molecule has 36 heavy (non-hydrogen) atoms. The Morgan fingerprint density at radius 1 is 1.17 bits per heavy atom. The number of aliphatic hydroxyl groups excluding tert-OH is 3. The lowest BCUT2D eigenvalue weighted by molar-refractivity contribution is -0.157. The molecular weight excluding hydrogens is 456 g/mol. The van der Waals surface area contributed by atoms with Crippen LogP contribution in [0.2, 0.25) is 0 Å². The normalized spacial score (nSPS) is 39.5. The fourth-order valence-electron chi connectivity index (χ4n) is 7.55. The van der Waals surface area contributed by atoms with Crippen molar-refractivity contribution in [2.45, 2.75) is 105 Å². The predicted octanol–water partition coefficient (Wildman–Crippen LogP) is 4.61. The quantitative estimate of drug-likeness (QED) is 0.313. The van der Waals surface area contributed by atoms with Crippen molar-refractivity contribution in [3.8, 4) is 0 Å². The minimum absolute atomic E-state index is 0.0900. The Balaban J connectivity index is 1.92. The van der Waals surface area contributed by atoms with Crippen molar-refractivity contribution in [3.05, 3.63) is 23.8 Å². The summed E-state index contributed by atoms with van der Waals surface area (Å²) in [6.07, 6.45) is 3.95. The summed E-state index contributed by atoms with van der Waals surface area (Å²) in [7, 11) is 0. The average molecular weight is 505 g/mol. The Kier molecular flexibility index (Phi) is 8.95. The molecule has 0 unspecified atom stereocenters. The Hall–Kier alpha value is -1.50. The van der Waals surface area contributed by atoms with Crippen molar-refractivity contribution in [3.63, 3.8) is 0 Å². The maximum Gasteiger partial charge on any atom is 0.302 e. The fourth-order valence-corrected chi connectivity index (χ4v) is 7.55. The molecule has 204 valence electrons. The molecule has 6 heteroatoms. The van der Waals surface area contributed by atoms with Crippen LogP contribution in [-0.2, 0) is 14.3 Å². The van der Waals surface area contributed by atoms with E-state index in [-0.39, 0.29) is 29.5 Å². The van der Waals surface area contributed by atoms with Crippen LogP contribution in [0.4, 0.5) is 0 Å². The molecule has 3 N–H and O–H groups in total. The van der Waals surface area contributed by atoms with Crippen molar-refractivity contribution in [1.29, 1.82) is 0 Å². The molecule has 0 aromatic heterocycles. The van der Waals surface area contributed by atoms with E-state index < -0.39 is 29.6 Å². The SMILES string of the molecule is C=C(CC[C@@H](C)[C@H]1CC[C@@H](C2=C[C@H](O)[C@H]3C[C@@H](O)C[C@@H](O)[C@]3(C)C2=O)[C@]1(C)CCOC(C)=O)C(C)C. The summed E-state index contributed by atoms with van der Waals surface area (Å²) >= 11 is 0. The monoisotopic (exact) mass is 504 g/mol. The third-order valence-electron chi connectivity index (χ3n) is 10.2. The van der Waals surface area contributed by atoms with E-state index in [0.29, 0.717) is 42.8 Å². The summed E-state index contributed by atoms with van der Waals surface area (Å²) in [5, 5.41) is 32.3. The number of fused-ring (bicyclic) bond motifs is 1. The van der Waals surface area contributed by atoms with Crippen molar-refractivity contribution in [2.75, 3.05) is 6.61 Å². The molecular formula is C30H48O6. The van der Waals surface area contributed by atoms with E-state index >= 15 is 0 Å². The van der Waals surface area contributed by atoms with Gasteiger partial charge in [0.1, 0.15) is 0 Å². The number of allylic oxidation sites excluding steroid dienone is 2. The van der Waals surface area contributed by atoms with Crippen LogP contribution in [0, 0.1) is 40.4 Å². The molecule has 0 spiro atoms. The van der Waals surface area contributed by atoms with Crippen LogP contribution in [0.25, 0.3) is 0 Å². The summed E-state index contributed by atoms with van der Waals surface area (Å²) in [5.41, 5.74) is 0.456. The molecule has 2 saturated carbocycles. The second-order valence-corrected chi connectivity index (χ2v) is 12.6.